The Morgan fingerprint density at radius 1 is 1.14 bits per heavy atom. The Balaban J connectivity index is 1.78. The number of benzene rings is 2. The van der Waals surface area contributed by atoms with Crippen molar-refractivity contribution in [3.8, 4) is 0 Å². The van der Waals surface area contributed by atoms with Gasteiger partial charge >= 0.3 is 0 Å². The van der Waals surface area contributed by atoms with Gasteiger partial charge in [-0.25, -0.2) is 8.42 Å². The minimum Gasteiger partial charge on any atom is -0.345 e. The summed E-state index contributed by atoms with van der Waals surface area (Å²) in [7, 11) is -8.01. The van der Waals surface area contributed by atoms with Gasteiger partial charge in [-0.3, -0.25) is 4.79 Å². The highest BCUT2D eigenvalue weighted by atomic mass is 32.2. The lowest BCUT2D eigenvalue weighted by Crippen LogP contribution is -2.23. The van der Waals surface area contributed by atoms with Gasteiger partial charge in [0, 0.05) is 5.69 Å². The summed E-state index contributed by atoms with van der Waals surface area (Å²) in [6, 6.07) is 10.7. The molecule has 1 aliphatic rings. The second-order valence-corrected chi connectivity index (χ2v) is 10.2. The third kappa shape index (κ3) is 4.23. The van der Waals surface area contributed by atoms with Crippen LogP contribution in [0.1, 0.15) is 25.3 Å². The molecule has 2 aromatic carbocycles. The first-order valence-electron chi connectivity index (χ1n) is 8.40. The third-order valence-electron chi connectivity index (χ3n) is 4.18. The van der Waals surface area contributed by atoms with E-state index in [4.69, 9.17) is 0 Å². The molecule has 0 unspecified atom stereocenters. The van der Waals surface area contributed by atoms with E-state index in [9.17, 15) is 21.6 Å². The molecule has 1 heterocycles. The fourth-order valence-corrected chi connectivity index (χ4v) is 4.87. The zero-order valence-electron chi connectivity index (χ0n) is 15.2. The van der Waals surface area contributed by atoms with Gasteiger partial charge in [0.2, 0.25) is 5.91 Å². The van der Waals surface area contributed by atoms with Crippen LogP contribution < -0.4 is 10.6 Å². The van der Waals surface area contributed by atoms with E-state index in [-0.39, 0.29) is 15.5 Å². The molecule has 0 aliphatic carbocycles. The normalized spacial score (nSPS) is 15.0. The van der Waals surface area contributed by atoms with Gasteiger partial charge in [-0.2, -0.15) is 8.42 Å². The van der Waals surface area contributed by atoms with E-state index in [1.165, 1.54) is 12.1 Å². The molecule has 0 aromatic heterocycles. The van der Waals surface area contributed by atoms with Crippen molar-refractivity contribution in [3.05, 3.63) is 48.0 Å². The largest absolute Gasteiger partial charge is 0.345 e. The van der Waals surface area contributed by atoms with Gasteiger partial charge in [-0.1, -0.05) is 26.0 Å². The quantitative estimate of drug-likeness (QED) is 0.764. The first-order valence-corrected chi connectivity index (χ1v) is 11.5. The van der Waals surface area contributed by atoms with Crippen LogP contribution in [0.4, 0.5) is 11.4 Å². The molecule has 0 bridgehead atoms. The summed E-state index contributed by atoms with van der Waals surface area (Å²) in [5.41, 5.74) is 1.80. The highest BCUT2D eigenvalue weighted by Gasteiger charge is 2.26. The van der Waals surface area contributed by atoms with Crippen LogP contribution in [0.25, 0.3) is 0 Å². The van der Waals surface area contributed by atoms with Gasteiger partial charge in [0.05, 0.1) is 10.6 Å². The van der Waals surface area contributed by atoms with Crippen LogP contribution in [0.5, 0.6) is 0 Å². The number of carbonyl (C=O) groups excluding carboxylic acids is 1. The lowest BCUT2D eigenvalue weighted by atomic mass is 10.0. The number of hydrogen-bond donors (Lipinski definition) is 2. The number of sulfonamides is 1. The number of sulfone groups is 1. The zero-order chi connectivity index (χ0) is 20.5. The van der Waals surface area contributed by atoms with E-state index in [0.717, 1.165) is 18.0 Å². The maximum absolute atomic E-state index is 12.6. The van der Waals surface area contributed by atoms with Gasteiger partial charge in [-0.05, 0) is 41.8 Å². The number of fused-ring (bicyclic) bond motifs is 1. The Morgan fingerprint density at radius 2 is 1.82 bits per heavy atom. The monoisotopic (exact) mass is 421 g/mol. The molecule has 0 spiro atoms. The average Bonchev–Trinajstić information content (AvgIpc) is 2.61. The summed E-state index contributed by atoms with van der Waals surface area (Å²) in [6.07, 6.45) is 1.02. The number of carbonyl (C=O) groups is 1. The second-order valence-electron chi connectivity index (χ2n) is 6.60. The number of amides is 1. The summed E-state index contributed by atoms with van der Waals surface area (Å²) < 4.78 is 52.4. The fourth-order valence-electron chi connectivity index (χ4n) is 2.66. The van der Waals surface area contributed by atoms with Gasteiger partial charge in [0.25, 0.3) is 10.0 Å². The molecule has 1 amide bonds. The van der Waals surface area contributed by atoms with E-state index >= 15 is 0 Å². The molecule has 0 radical (unpaired) electrons. The van der Waals surface area contributed by atoms with Crippen molar-refractivity contribution < 1.29 is 21.6 Å². The maximum atomic E-state index is 12.6. The number of rotatable bonds is 5. The predicted octanol–water partition coefficient (Wildman–Crippen LogP) is 2.36. The van der Waals surface area contributed by atoms with Gasteiger partial charge in [-0.15, -0.1) is 4.40 Å². The number of hydrogen-bond acceptors (Lipinski definition) is 6. The molecule has 0 fully saturated rings. The predicted molar refractivity (Wildman–Crippen MR) is 107 cm³/mol. The van der Waals surface area contributed by atoms with Crippen LogP contribution in [0.15, 0.2) is 56.7 Å². The minimum absolute atomic E-state index is 0.226. The molecule has 0 saturated carbocycles. The molecule has 0 saturated heterocycles. The SMILES string of the molecule is CC(C)c1ccc(NC(=O)CS(=O)(=O)c2ccc3c(c2)S(=O)(=O)N=CN3)cc1. The van der Waals surface area contributed by atoms with Crippen molar-refractivity contribution in [2.45, 2.75) is 29.6 Å². The molecule has 2 aromatic rings. The highest BCUT2D eigenvalue weighted by Crippen LogP contribution is 2.28. The lowest BCUT2D eigenvalue weighted by molar-refractivity contribution is -0.113. The summed E-state index contributed by atoms with van der Waals surface area (Å²) in [6.45, 7) is 4.08. The van der Waals surface area contributed by atoms with Crippen LogP contribution in [0.2, 0.25) is 0 Å². The molecule has 2 N–H and O–H groups in total. The summed E-state index contributed by atoms with van der Waals surface area (Å²) in [5.74, 6) is -1.19. The van der Waals surface area contributed by atoms with Crippen molar-refractivity contribution in [3.63, 3.8) is 0 Å². The average molecular weight is 422 g/mol. The third-order valence-corrected chi connectivity index (χ3v) is 7.07. The maximum Gasteiger partial charge on any atom is 0.285 e. The molecular weight excluding hydrogens is 402 g/mol. The molecule has 1 aliphatic heterocycles. The van der Waals surface area contributed by atoms with Crippen molar-refractivity contribution in [1.82, 2.24) is 0 Å². The smallest absolute Gasteiger partial charge is 0.285 e. The summed E-state index contributed by atoms with van der Waals surface area (Å²) in [5, 5.41) is 5.18. The summed E-state index contributed by atoms with van der Waals surface area (Å²) in [4.78, 5) is 11.7. The van der Waals surface area contributed by atoms with Crippen LogP contribution in [-0.4, -0.2) is 34.8 Å². The topological polar surface area (TPSA) is 122 Å². The minimum atomic E-state index is -4.04. The van der Waals surface area contributed by atoms with Crippen LogP contribution in [-0.2, 0) is 24.7 Å². The molecule has 0 atom stereocenters. The van der Waals surface area contributed by atoms with Crippen molar-refractivity contribution in [2.75, 3.05) is 16.4 Å². The van der Waals surface area contributed by atoms with Gasteiger partial charge in [0.15, 0.2) is 9.84 Å². The molecule has 3 rings (SSSR count). The Kier molecular flexibility index (Phi) is 5.26. The number of nitrogens with one attached hydrogen (secondary N) is 2. The number of nitrogens with zero attached hydrogens (tertiary/aromatic N) is 1. The molecule has 28 heavy (non-hydrogen) atoms. The highest BCUT2D eigenvalue weighted by molar-refractivity contribution is 7.92. The Bertz CT molecular complexity index is 1150. The van der Waals surface area contributed by atoms with Gasteiger partial charge in [0.1, 0.15) is 17.0 Å². The van der Waals surface area contributed by atoms with Crippen LogP contribution in [0.3, 0.4) is 0 Å². The summed E-state index contributed by atoms with van der Waals surface area (Å²) >= 11 is 0. The fraction of sp³-hybridized carbons (Fsp3) is 0.222. The lowest BCUT2D eigenvalue weighted by Gasteiger charge is -2.14. The first kappa shape index (κ1) is 20.0. The molecule has 10 heteroatoms. The molecular formula is C18H19N3O5S2. The first-order chi connectivity index (χ1) is 13.1. The molecule has 8 nitrogen and oxygen atoms in total. The van der Waals surface area contributed by atoms with Crippen molar-refractivity contribution >= 4 is 43.5 Å². The Labute approximate surface area is 163 Å². The van der Waals surface area contributed by atoms with E-state index in [1.54, 1.807) is 12.1 Å². The van der Waals surface area contributed by atoms with Crippen LogP contribution in [0, 0.1) is 0 Å². The van der Waals surface area contributed by atoms with E-state index in [2.05, 4.69) is 15.0 Å². The van der Waals surface area contributed by atoms with Crippen LogP contribution >= 0.6 is 0 Å². The van der Waals surface area contributed by atoms with E-state index < -0.39 is 31.5 Å². The van der Waals surface area contributed by atoms with E-state index in [0.29, 0.717) is 11.6 Å². The van der Waals surface area contributed by atoms with Crippen molar-refractivity contribution in [2.24, 2.45) is 4.40 Å². The second kappa shape index (κ2) is 7.36. The Morgan fingerprint density at radius 3 is 2.46 bits per heavy atom. The standard InChI is InChI=1S/C18H19N3O5S2/c1-12(2)13-3-5-14(6-4-13)21-18(22)10-27(23,24)15-7-8-16-17(9-15)28(25,26)20-11-19-16/h3-9,11-12H,10H2,1-2H3,(H,19,20)(H,21,22). The Hall–Kier alpha value is -2.72. The van der Waals surface area contributed by atoms with Crippen molar-refractivity contribution in [1.29, 1.82) is 0 Å². The number of anilines is 2. The molecule has 148 valence electrons. The zero-order valence-corrected chi connectivity index (χ0v) is 16.8. The van der Waals surface area contributed by atoms with Gasteiger partial charge < -0.3 is 10.6 Å². The van der Waals surface area contributed by atoms with E-state index in [1.807, 2.05) is 26.0 Å².